The van der Waals surface area contributed by atoms with Gasteiger partial charge in [-0.15, -0.1) is 0 Å². The van der Waals surface area contributed by atoms with E-state index in [1.165, 1.54) is 41.3 Å². The second-order valence-corrected chi connectivity index (χ2v) is 16.3. The second-order valence-electron chi connectivity index (χ2n) is 13.2. The average Bonchev–Trinajstić information content (AvgIpc) is 3.82. The van der Waals surface area contributed by atoms with E-state index in [9.17, 15) is 0 Å². The van der Waals surface area contributed by atoms with E-state index in [-0.39, 0.29) is 0 Å². The Bertz CT molecular complexity index is 1980. The van der Waals surface area contributed by atoms with Gasteiger partial charge in [-0.1, -0.05) is 14.0 Å². The number of ether oxygens (including phenoxy) is 1. The zero-order chi connectivity index (χ0) is 32.4. The highest BCUT2D eigenvalue weighted by atomic mass is 79.9. The quantitative estimate of drug-likeness (QED) is 0.160. The third-order valence-corrected chi connectivity index (χ3v) is 11.5. The van der Waals surface area contributed by atoms with E-state index < -0.39 is 7.92 Å². The molecular weight excluding hydrogens is 673 g/mol. The fourth-order valence-corrected chi connectivity index (χ4v) is 8.78. The summed E-state index contributed by atoms with van der Waals surface area (Å²) in [6.07, 6.45) is 9.48. The van der Waals surface area contributed by atoms with Crippen molar-refractivity contribution in [3.63, 3.8) is 0 Å². The van der Waals surface area contributed by atoms with Gasteiger partial charge in [0.05, 0.1) is 29.0 Å². The molecule has 2 N–H and O–H groups in total. The first-order valence-electron chi connectivity index (χ1n) is 16.1. The van der Waals surface area contributed by atoms with E-state index in [4.69, 9.17) is 14.7 Å². The van der Waals surface area contributed by atoms with Crippen molar-refractivity contribution < 1.29 is 4.74 Å². The van der Waals surface area contributed by atoms with Crippen LogP contribution in [0.15, 0.2) is 59.5 Å². The molecule has 5 aromatic rings. The molecule has 2 bridgehead atoms. The Balaban J connectivity index is 1.13. The third kappa shape index (κ3) is 5.72. The summed E-state index contributed by atoms with van der Waals surface area (Å²) >= 11 is 3.69. The summed E-state index contributed by atoms with van der Waals surface area (Å²) in [4.78, 5) is 19.6. The Morgan fingerprint density at radius 3 is 2.47 bits per heavy atom. The van der Waals surface area contributed by atoms with Crippen LogP contribution in [-0.2, 0) is 7.05 Å². The summed E-state index contributed by atoms with van der Waals surface area (Å²) in [6.45, 7) is 6.69. The molecule has 12 heteroatoms. The summed E-state index contributed by atoms with van der Waals surface area (Å²) in [5, 5.41) is 14.1. The summed E-state index contributed by atoms with van der Waals surface area (Å²) < 4.78 is 8.60. The maximum atomic E-state index is 5.97. The first kappa shape index (κ1) is 30.5. The molecule has 2 aliphatic heterocycles. The first-order valence-corrected chi connectivity index (χ1v) is 19.1. The Morgan fingerprint density at radius 1 is 0.957 bits per heavy atom. The smallest absolute Gasteiger partial charge is 0.229 e. The standard InChI is InChI=1S/C35H39BrN9OP/c1-43-18-22-12-23(19-43)45(22)31-14-32(46-3)30(13-25(31)21-15-38-44(2)17-21)41-35-37-16-26(36)34(42-35)40-29-11-10-28-24(33(29)47(4)5)8-9-27(39-28)20-6-7-20/h8-11,13-17,20,22-23H,6-7,12,18-19H2,1-5H3,(H2,37,40,41,42). The number of nitrogens with zero attached hydrogens (tertiary/aromatic N) is 7. The molecule has 10 nitrogen and oxygen atoms in total. The average molecular weight is 713 g/mol. The second kappa shape index (κ2) is 12.0. The Morgan fingerprint density at radius 2 is 1.77 bits per heavy atom. The fraction of sp³-hybridized carbons (Fsp3) is 0.371. The molecule has 242 valence electrons. The monoisotopic (exact) mass is 711 g/mol. The SMILES string of the molecule is COc1cc(N2C3CC2CN(C)C3)c(-c2cnn(C)c2)cc1Nc1ncc(Br)c(Nc2ccc3nc(C4CC4)ccc3c2P(C)C)n1. The van der Waals surface area contributed by atoms with Gasteiger partial charge < -0.3 is 25.2 Å². The van der Waals surface area contributed by atoms with Crippen LogP contribution in [0, 0.1) is 0 Å². The number of nitrogens with one attached hydrogen (secondary N) is 2. The molecule has 1 saturated carbocycles. The number of pyridine rings is 1. The summed E-state index contributed by atoms with van der Waals surface area (Å²) in [5.41, 5.74) is 7.44. The number of likely N-dealkylation sites (N-methyl/N-ethyl adjacent to an activating group) is 1. The molecule has 2 aromatic carbocycles. The number of benzene rings is 2. The number of likely N-dealkylation sites (tertiary alicyclic amines) is 1. The Kier molecular flexibility index (Phi) is 7.81. The molecule has 3 aliphatic rings. The van der Waals surface area contributed by atoms with Gasteiger partial charge in [0.2, 0.25) is 5.95 Å². The largest absolute Gasteiger partial charge is 0.494 e. The minimum Gasteiger partial charge on any atom is -0.494 e. The summed E-state index contributed by atoms with van der Waals surface area (Å²) in [7, 11) is 5.44. The lowest BCUT2D eigenvalue weighted by molar-refractivity contribution is 0.140. The highest BCUT2D eigenvalue weighted by molar-refractivity contribution is 9.10. The summed E-state index contributed by atoms with van der Waals surface area (Å²) in [6, 6.07) is 14.0. The molecule has 47 heavy (non-hydrogen) atoms. The number of rotatable bonds is 9. The van der Waals surface area contributed by atoms with Crippen LogP contribution in [0.3, 0.4) is 0 Å². The number of anilines is 5. The Hall–Kier alpha value is -3.79. The van der Waals surface area contributed by atoms with Crippen LogP contribution in [-0.4, -0.2) is 82.3 Å². The molecule has 2 atom stereocenters. The van der Waals surface area contributed by atoms with Crippen molar-refractivity contribution in [2.24, 2.45) is 7.05 Å². The van der Waals surface area contributed by atoms with Crippen molar-refractivity contribution in [1.29, 1.82) is 0 Å². The van der Waals surface area contributed by atoms with Crippen LogP contribution in [0.5, 0.6) is 5.75 Å². The molecule has 2 saturated heterocycles. The Labute approximate surface area is 284 Å². The van der Waals surface area contributed by atoms with Crippen molar-refractivity contribution in [2.45, 2.75) is 37.3 Å². The lowest BCUT2D eigenvalue weighted by atomic mass is 9.85. The maximum absolute atomic E-state index is 5.97. The number of hydrogen-bond donors (Lipinski definition) is 2. The highest BCUT2D eigenvalue weighted by Crippen LogP contribution is 2.46. The molecule has 3 aromatic heterocycles. The van der Waals surface area contributed by atoms with Crippen LogP contribution >= 0.6 is 23.9 Å². The van der Waals surface area contributed by atoms with E-state index in [1.807, 2.05) is 17.9 Å². The van der Waals surface area contributed by atoms with Crippen LogP contribution in [0.2, 0.25) is 0 Å². The van der Waals surface area contributed by atoms with Gasteiger partial charge in [0.15, 0.2) is 0 Å². The van der Waals surface area contributed by atoms with Gasteiger partial charge in [-0.2, -0.15) is 10.1 Å². The molecule has 0 spiro atoms. The number of piperidine rings is 1. The van der Waals surface area contributed by atoms with Gasteiger partial charge in [-0.25, -0.2) is 4.98 Å². The maximum Gasteiger partial charge on any atom is 0.229 e. The van der Waals surface area contributed by atoms with Crippen LogP contribution in [0.25, 0.3) is 22.0 Å². The van der Waals surface area contributed by atoms with Gasteiger partial charge in [-0.05, 0) is 79.8 Å². The zero-order valence-corrected chi connectivity index (χ0v) is 29.8. The van der Waals surface area contributed by atoms with Gasteiger partial charge in [0, 0.05) is 95.5 Å². The molecular formula is C35H39BrN9OP. The topological polar surface area (TPSA) is 96.3 Å². The van der Waals surface area contributed by atoms with E-state index in [2.05, 4.69) is 109 Å². The zero-order valence-electron chi connectivity index (χ0n) is 27.3. The van der Waals surface area contributed by atoms with Crippen molar-refractivity contribution >= 4 is 68.9 Å². The van der Waals surface area contributed by atoms with Gasteiger partial charge in [0.25, 0.3) is 0 Å². The van der Waals surface area contributed by atoms with E-state index in [0.29, 0.717) is 29.8 Å². The van der Waals surface area contributed by atoms with Crippen LogP contribution in [0.4, 0.5) is 28.8 Å². The minimum atomic E-state index is -0.428. The molecule has 0 amide bonds. The number of halogens is 1. The van der Waals surface area contributed by atoms with E-state index in [0.717, 1.165) is 51.3 Å². The predicted octanol–water partition coefficient (Wildman–Crippen LogP) is 6.82. The lowest BCUT2D eigenvalue weighted by Crippen LogP contribution is -2.68. The number of methoxy groups -OCH3 is 1. The third-order valence-electron chi connectivity index (χ3n) is 9.54. The fourth-order valence-electron chi connectivity index (χ4n) is 7.21. The molecule has 2 unspecified atom stereocenters. The lowest BCUT2D eigenvalue weighted by Gasteiger charge is -2.57. The van der Waals surface area contributed by atoms with Gasteiger partial charge in [0.1, 0.15) is 11.6 Å². The van der Waals surface area contributed by atoms with Crippen LogP contribution in [0.1, 0.15) is 30.9 Å². The molecule has 8 rings (SSSR count). The summed E-state index contributed by atoms with van der Waals surface area (Å²) in [5.74, 6) is 2.52. The number of fused-ring (bicyclic) bond motifs is 3. The van der Waals surface area contributed by atoms with Crippen molar-refractivity contribution in [1.82, 2.24) is 29.6 Å². The molecule has 1 aliphatic carbocycles. The molecule has 0 radical (unpaired) electrons. The normalized spacial score (nSPS) is 19.3. The number of piperazine rings is 1. The van der Waals surface area contributed by atoms with Crippen molar-refractivity contribution in [2.75, 3.05) is 56.1 Å². The van der Waals surface area contributed by atoms with Crippen molar-refractivity contribution in [3.8, 4) is 16.9 Å². The minimum absolute atomic E-state index is 0.428. The van der Waals surface area contributed by atoms with Crippen LogP contribution < -0.4 is 25.6 Å². The predicted molar refractivity (Wildman–Crippen MR) is 196 cm³/mol. The number of aromatic nitrogens is 5. The van der Waals surface area contributed by atoms with Gasteiger partial charge >= 0.3 is 0 Å². The number of aryl methyl sites for hydroxylation is 1. The molecule has 5 heterocycles. The highest BCUT2D eigenvalue weighted by Gasteiger charge is 2.44. The van der Waals surface area contributed by atoms with E-state index in [1.54, 1.807) is 13.3 Å². The first-order chi connectivity index (χ1) is 22.7. The van der Waals surface area contributed by atoms with E-state index >= 15 is 0 Å². The molecule has 3 fully saturated rings. The van der Waals surface area contributed by atoms with Crippen molar-refractivity contribution in [3.05, 3.63) is 65.2 Å². The number of hydrogen-bond acceptors (Lipinski definition) is 9. The van der Waals surface area contributed by atoms with Gasteiger partial charge in [-0.3, -0.25) is 9.67 Å².